The van der Waals surface area contributed by atoms with Crippen molar-refractivity contribution in [2.24, 2.45) is 0 Å². The third-order valence-electron chi connectivity index (χ3n) is 1.90. The van der Waals surface area contributed by atoms with Crippen LogP contribution in [0.2, 0.25) is 5.28 Å². The van der Waals surface area contributed by atoms with E-state index >= 15 is 0 Å². The predicted molar refractivity (Wildman–Crippen MR) is 58.3 cm³/mol. The molecule has 0 aliphatic heterocycles. The summed E-state index contributed by atoms with van der Waals surface area (Å²) in [5.41, 5.74) is 0.900. The molecule has 0 N–H and O–H groups in total. The molecule has 0 saturated heterocycles. The van der Waals surface area contributed by atoms with Crippen LogP contribution in [-0.4, -0.2) is 9.97 Å². The van der Waals surface area contributed by atoms with Gasteiger partial charge in [-0.1, -0.05) is 6.07 Å². The number of rotatable bonds is 2. The monoisotopic (exact) mass is 238 g/mol. The van der Waals surface area contributed by atoms with Crippen LogP contribution >= 0.6 is 11.6 Å². The van der Waals surface area contributed by atoms with Crippen molar-refractivity contribution in [1.82, 2.24) is 9.97 Å². The lowest BCUT2D eigenvalue weighted by atomic mass is 10.2. The molecule has 0 amide bonds. The molecule has 5 heteroatoms. The lowest BCUT2D eigenvalue weighted by Gasteiger charge is -2.06. The Balaban J connectivity index is 2.30. The van der Waals surface area contributed by atoms with Gasteiger partial charge >= 0.3 is 0 Å². The van der Waals surface area contributed by atoms with E-state index in [1.807, 2.05) is 6.92 Å². The normalized spacial score (nSPS) is 10.2. The first kappa shape index (κ1) is 10.8. The number of nitrogens with zero attached hydrogens (tertiary/aromatic N) is 2. The number of aromatic nitrogens is 2. The van der Waals surface area contributed by atoms with E-state index in [2.05, 4.69) is 9.97 Å². The summed E-state index contributed by atoms with van der Waals surface area (Å²) < 4.78 is 18.6. The quantitative estimate of drug-likeness (QED) is 0.753. The van der Waals surface area contributed by atoms with Gasteiger partial charge in [0.05, 0.1) is 0 Å². The largest absolute Gasteiger partial charge is 0.436 e. The molecule has 0 unspecified atom stereocenters. The van der Waals surface area contributed by atoms with E-state index in [-0.39, 0.29) is 16.9 Å². The van der Waals surface area contributed by atoms with Crippen LogP contribution in [0.25, 0.3) is 0 Å². The van der Waals surface area contributed by atoms with E-state index in [0.717, 1.165) is 5.56 Å². The first-order valence-electron chi connectivity index (χ1n) is 4.58. The van der Waals surface area contributed by atoms with Crippen molar-refractivity contribution >= 4 is 11.6 Å². The maximum absolute atomic E-state index is 13.4. The van der Waals surface area contributed by atoms with Crippen LogP contribution in [0.5, 0.6) is 11.6 Å². The average molecular weight is 239 g/mol. The van der Waals surface area contributed by atoms with Gasteiger partial charge in [-0.3, -0.25) is 0 Å². The van der Waals surface area contributed by atoms with Crippen LogP contribution in [0.4, 0.5) is 4.39 Å². The maximum atomic E-state index is 13.4. The molecule has 3 nitrogen and oxygen atoms in total. The molecule has 82 valence electrons. The number of aryl methyl sites for hydroxylation is 1. The lowest BCUT2D eigenvalue weighted by molar-refractivity contribution is 0.426. The Bertz CT molecular complexity index is 519. The van der Waals surface area contributed by atoms with Crippen molar-refractivity contribution in [3.63, 3.8) is 0 Å². The molecule has 2 aromatic rings. The maximum Gasteiger partial charge on any atom is 0.225 e. The molecule has 1 aromatic carbocycles. The Morgan fingerprint density at radius 1 is 1.31 bits per heavy atom. The first-order chi connectivity index (χ1) is 7.65. The molecule has 0 saturated carbocycles. The van der Waals surface area contributed by atoms with Gasteiger partial charge in [0.2, 0.25) is 11.2 Å². The second-order valence-corrected chi connectivity index (χ2v) is 3.54. The average Bonchev–Trinajstić information content (AvgIpc) is 2.24. The highest BCUT2D eigenvalue weighted by Crippen LogP contribution is 2.24. The summed E-state index contributed by atoms with van der Waals surface area (Å²) in [6.07, 6.45) is 1.44. The second kappa shape index (κ2) is 4.45. The van der Waals surface area contributed by atoms with Gasteiger partial charge in [0.25, 0.3) is 0 Å². The topological polar surface area (TPSA) is 35.0 Å². The fraction of sp³-hybridized carbons (Fsp3) is 0.0909. The van der Waals surface area contributed by atoms with Crippen molar-refractivity contribution in [3.05, 3.63) is 47.1 Å². The molecular formula is C11H8ClFN2O. The van der Waals surface area contributed by atoms with Crippen LogP contribution in [0.3, 0.4) is 0 Å². The van der Waals surface area contributed by atoms with Crippen molar-refractivity contribution < 1.29 is 9.13 Å². The molecule has 16 heavy (non-hydrogen) atoms. The summed E-state index contributed by atoms with van der Waals surface area (Å²) in [4.78, 5) is 7.51. The van der Waals surface area contributed by atoms with Crippen LogP contribution in [-0.2, 0) is 0 Å². The van der Waals surface area contributed by atoms with Crippen molar-refractivity contribution in [2.45, 2.75) is 6.92 Å². The van der Waals surface area contributed by atoms with E-state index in [1.54, 1.807) is 12.1 Å². The highest BCUT2D eigenvalue weighted by atomic mass is 35.5. The molecule has 0 aliphatic carbocycles. The van der Waals surface area contributed by atoms with E-state index in [4.69, 9.17) is 16.3 Å². The predicted octanol–water partition coefficient (Wildman–Crippen LogP) is 3.37. The molecule has 0 aliphatic rings. The van der Waals surface area contributed by atoms with Gasteiger partial charge < -0.3 is 4.74 Å². The summed E-state index contributed by atoms with van der Waals surface area (Å²) in [5, 5.41) is 0.0607. The van der Waals surface area contributed by atoms with Gasteiger partial charge in [0.15, 0.2) is 11.6 Å². The minimum atomic E-state index is -0.444. The van der Waals surface area contributed by atoms with Gasteiger partial charge in [-0.25, -0.2) is 9.37 Å². The zero-order valence-corrected chi connectivity index (χ0v) is 9.20. The Morgan fingerprint density at radius 2 is 2.12 bits per heavy atom. The third kappa shape index (κ3) is 2.46. The summed E-state index contributed by atoms with van der Waals surface area (Å²) in [6.45, 7) is 1.85. The van der Waals surface area contributed by atoms with Crippen LogP contribution < -0.4 is 4.74 Å². The molecule has 2 rings (SSSR count). The molecule has 0 bridgehead atoms. The lowest BCUT2D eigenvalue weighted by Crippen LogP contribution is -1.92. The van der Waals surface area contributed by atoms with Crippen LogP contribution in [0.1, 0.15) is 5.56 Å². The Kier molecular flexibility index (Phi) is 3.01. The van der Waals surface area contributed by atoms with E-state index in [0.29, 0.717) is 0 Å². The SMILES string of the molecule is Cc1ccc(F)c(Oc2ccnc(Cl)n2)c1. The zero-order chi connectivity index (χ0) is 11.5. The van der Waals surface area contributed by atoms with Crippen molar-refractivity contribution in [1.29, 1.82) is 0 Å². The molecule has 0 spiro atoms. The van der Waals surface area contributed by atoms with Gasteiger partial charge in [-0.2, -0.15) is 4.98 Å². The molecule has 0 atom stereocenters. The summed E-state index contributed by atoms with van der Waals surface area (Å²) in [7, 11) is 0. The summed E-state index contributed by atoms with van der Waals surface area (Å²) in [5.74, 6) is -0.111. The van der Waals surface area contributed by atoms with Crippen LogP contribution in [0.15, 0.2) is 30.5 Å². The van der Waals surface area contributed by atoms with Crippen molar-refractivity contribution in [3.8, 4) is 11.6 Å². The minimum Gasteiger partial charge on any atom is -0.436 e. The minimum absolute atomic E-state index is 0.0607. The first-order valence-corrected chi connectivity index (χ1v) is 4.95. The Hall–Kier alpha value is -1.68. The smallest absolute Gasteiger partial charge is 0.225 e. The van der Waals surface area contributed by atoms with Gasteiger partial charge in [0, 0.05) is 12.3 Å². The van der Waals surface area contributed by atoms with Gasteiger partial charge in [-0.05, 0) is 36.2 Å². The van der Waals surface area contributed by atoms with Crippen LogP contribution in [0, 0.1) is 12.7 Å². The van der Waals surface area contributed by atoms with Crippen molar-refractivity contribution in [2.75, 3.05) is 0 Å². The number of hydrogen-bond donors (Lipinski definition) is 0. The van der Waals surface area contributed by atoms with E-state index in [1.165, 1.54) is 18.3 Å². The third-order valence-corrected chi connectivity index (χ3v) is 2.08. The fourth-order valence-electron chi connectivity index (χ4n) is 1.18. The molecule has 0 fully saturated rings. The Morgan fingerprint density at radius 3 is 2.88 bits per heavy atom. The number of halogens is 2. The molecule has 1 heterocycles. The second-order valence-electron chi connectivity index (χ2n) is 3.20. The molecule has 1 aromatic heterocycles. The number of ether oxygens (including phenoxy) is 1. The standard InChI is InChI=1S/C11H8ClFN2O/c1-7-2-3-8(13)9(6-7)16-10-4-5-14-11(12)15-10/h2-6H,1H3. The highest BCUT2D eigenvalue weighted by molar-refractivity contribution is 6.28. The van der Waals surface area contributed by atoms with E-state index < -0.39 is 5.82 Å². The molecule has 0 radical (unpaired) electrons. The highest BCUT2D eigenvalue weighted by Gasteiger charge is 2.06. The van der Waals surface area contributed by atoms with Gasteiger partial charge in [-0.15, -0.1) is 0 Å². The number of hydrogen-bond acceptors (Lipinski definition) is 3. The Labute approximate surface area is 96.9 Å². The molecular weight excluding hydrogens is 231 g/mol. The zero-order valence-electron chi connectivity index (χ0n) is 8.45. The summed E-state index contributed by atoms with van der Waals surface area (Å²) >= 11 is 5.59. The van der Waals surface area contributed by atoms with Gasteiger partial charge in [0.1, 0.15) is 0 Å². The summed E-state index contributed by atoms with van der Waals surface area (Å²) in [6, 6.07) is 6.10. The van der Waals surface area contributed by atoms with E-state index in [9.17, 15) is 4.39 Å². The number of benzene rings is 1. The fourth-order valence-corrected chi connectivity index (χ4v) is 1.32.